The third-order valence-corrected chi connectivity index (χ3v) is 4.70. The van der Waals surface area contributed by atoms with Crippen LogP contribution in [0.1, 0.15) is 20.8 Å². The van der Waals surface area contributed by atoms with Crippen molar-refractivity contribution in [3.63, 3.8) is 0 Å². The summed E-state index contributed by atoms with van der Waals surface area (Å²) in [5.41, 5.74) is 1.62. The topological polar surface area (TPSA) is 38.3 Å². The molecule has 0 aliphatic carbocycles. The molecule has 0 bridgehead atoms. The number of hydrogen-bond donors (Lipinski definition) is 1. The van der Waals surface area contributed by atoms with Crippen LogP contribution in [0.5, 0.6) is 5.75 Å². The lowest BCUT2D eigenvalue weighted by Crippen LogP contribution is -2.22. The average molecular weight is 340 g/mol. The van der Waals surface area contributed by atoms with Crippen molar-refractivity contribution in [2.45, 2.75) is 13.5 Å². The number of aryl methyl sites for hydroxylation is 1. The normalized spacial score (nSPS) is 10.3. The number of halogens is 1. The molecule has 0 aliphatic heterocycles. The fourth-order valence-electron chi connectivity index (χ4n) is 1.68. The number of benzene rings is 1. The molecular weight excluding hydrogens is 326 g/mol. The monoisotopic (exact) mass is 339 g/mol. The number of thiophene rings is 1. The first-order chi connectivity index (χ1) is 9.11. The van der Waals surface area contributed by atoms with Crippen molar-refractivity contribution >= 4 is 33.2 Å². The van der Waals surface area contributed by atoms with E-state index >= 15 is 0 Å². The highest BCUT2D eigenvalue weighted by molar-refractivity contribution is 9.10. The zero-order valence-electron chi connectivity index (χ0n) is 10.7. The maximum Gasteiger partial charge on any atom is 0.251 e. The van der Waals surface area contributed by atoms with Gasteiger partial charge in [-0.25, -0.2) is 0 Å². The van der Waals surface area contributed by atoms with Gasteiger partial charge in [-0.15, -0.1) is 11.3 Å². The van der Waals surface area contributed by atoms with Gasteiger partial charge in [0.1, 0.15) is 5.75 Å². The molecule has 3 nitrogen and oxygen atoms in total. The van der Waals surface area contributed by atoms with Crippen molar-refractivity contribution in [1.29, 1.82) is 0 Å². The zero-order chi connectivity index (χ0) is 13.8. The number of carbonyl (C=O) groups is 1. The lowest BCUT2D eigenvalue weighted by atomic mass is 10.1. The molecule has 0 spiro atoms. The van der Waals surface area contributed by atoms with Crippen LogP contribution in [0.3, 0.4) is 0 Å². The zero-order valence-corrected chi connectivity index (χ0v) is 13.1. The summed E-state index contributed by atoms with van der Waals surface area (Å²) in [6, 6.07) is 7.42. The minimum Gasteiger partial charge on any atom is -0.496 e. The highest BCUT2D eigenvalue weighted by Crippen LogP contribution is 2.23. The van der Waals surface area contributed by atoms with Crippen molar-refractivity contribution in [1.82, 2.24) is 5.32 Å². The van der Waals surface area contributed by atoms with E-state index in [-0.39, 0.29) is 5.91 Å². The molecule has 0 saturated heterocycles. The van der Waals surface area contributed by atoms with Gasteiger partial charge in [0.25, 0.3) is 5.91 Å². The lowest BCUT2D eigenvalue weighted by Gasteiger charge is -2.08. The molecule has 1 aromatic heterocycles. The molecule has 19 heavy (non-hydrogen) atoms. The summed E-state index contributed by atoms with van der Waals surface area (Å²) in [6.45, 7) is 2.47. The van der Waals surface area contributed by atoms with E-state index in [1.165, 1.54) is 0 Å². The first kappa shape index (κ1) is 14.1. The van der Waals surface area contributed by atoms with Gasteiger partial charge in [-0.05, 0) is 52.0 Å². The molecule has 5 heteroatoms. The fraction of sp³-hybridized carbons (Fsp3) is 0.214. The van der Waals surface area contributed by atoms with Gasteiger partial charge in [0.05, 0.1) is 13.7 Å². The van der Waals surface area contributed by atoms with Crippen molar-refractivity contribution in [2.24, 2.45) is 0 Å². The van der Waals surface area contributed by atoms with Gasteiger partial charge in [0.2, 0.25) is 0 Å². The van der Waals surface area contributed by atoms with Gasteiger partial charge in [0.15, 0.2) is 0 Å². The van der Waals surface area contributed by atoms with Crippen molar-refractivity contribution < 1.29 is 9.53 Å². The number of ether oxygens (including phenoxy) is 1. The Morgan fingerprint density at radius 3 is 2.84 bits per heavy atom. The Hall–Kier alpha value is -1.33. The quantitative estimate of drug-likeness (QED) is 0.920. The summed E-state index contributed by atoms with van der Waals surface area (Å²) in [4.78, 5) is 13.2. The number of methoxy groups -OCH3 is 1. The predicted octanol–water partition coefficient (Wildman–Crippen LogP) is 3.76. The van der Waals surface area contributed by atoms with E-state index in [0.717, 1.165) is 20.7 Å². The van der Waals surface area contributed by atoms with Crippen LogP contribution < -0.4 is 10.1 Å². The summed E-state index contributed by atoms with van der Waals surface area (Å²) in [5, 5.41) is 4.89. The summed E-state index contributed by atoms with van der Waals surface area (Å²) < 4.78 is 6.25. The first-order valence-corrected chi connectivity index (χ1v) is 7.44. The summed E-state index contributed by atoms with van der Waals surface area (Å²) in [7, 11) is 1.60. The molecule has 0 fully saturated rings. The van der Waals surface area contributed by atoms with Gasteiger partial charge in [-0.2, -0.15) is 0 Å². The van der Waals surface area contributed by atoms with Crippen LogP contribution in [0.4, 0.5) is 0 Å². The van der Waals surface area contributed by atoms with Crippen LogP contribution in [-0.4, -0.2) is 13.0 Å². The molecule has 2 rings (SSSR count). The van der Waals surface area contributed by atoms with Gasteiger partial charge < -0.3 is 10.1 Å². The summed E-state index contributed by atoms with van der Waals surface area (Å²) >= 11 is 5.05. The molecule has 0 saturated carbocycles. The molecule has 0 unspecified atom stereocenters. The number of carbonyl (C=O) groups excluding carboxylic acids is 1. The molecular formula is C14H14BrNO2S. The molecule has 0 atom stereocenters. The largest absolute Gasteiger partial charge is 0.496 e. The molecule has 1 amide bonds. The SMILES string of the molecule is COc1cc(C(=O)NCc2sccc2Br)ccc1C. The van der Waals surface area contributed by atoms with Crippen LogP contribution in [0.15, 0.2) is 34.1 Å². The van der Waals surface area contributed by atoms with Gasteiger partial charge in [-0.1, -0.05) is 6.07 Å². The second-order valence-corrected chi connectivity index (χ2v) is 5.91. The highest BCUT2D eigenvalue weighted by Gasteiger charge is 2.09. The average Bonchev–Trinajstić information content (AvgIpc) is 2.82. The van der Waals surface area contributed by atoms with Gasteiger partial charge >= 0.3 is 0 Å². The van der Waals surface area contributed by atoms with E-state index in [0.29, 0.717) is 12.1 Å². The molecule has 1 aromatic carbocycles. The Balaban J connectivity index is 2.06. The molecule has 100 valence electrons. The molecule has 0 aliphatic rings. The van der Waals surface area contributed by atoms with E-state index < -0.39 is 0 Å². The van der Waals surface area contributed by atoms with E-state index in [1.807, 2.05) is 24.4 Å². The second-order valence-electron chi connectivity index (χ2n) is 4.06. The van der Waals surface area contributed by atoms with Crippen LogP contribution >= 0.6 is 27.3 Å². The number of hydrogen-bond acceptors (Lipinski definition) is 3. The molecule has 2 aromatic rings. The number of nitrogens with one attached hydrogen (secondary N) is 1. The minimum atomic E-state index is -0.0985. The van der Waals surface area contributed by atoms with E-state index in [1.54, 1.807) is 30.6 Å². The van der Waals surface area contributed by atoms with Gasteiger partial charge in [0, 0.05) is 14.9 Å². The molecule has 1 heterocycles. The Morgan fingerprint density at radius 2 is 2.21 bits per heavy atom. The van der Waals surface area contributed by atoms with Crippen molar-refractivity contribution in [2.75, 3.05) is 7.11 Å². The maximum atomic E-state index is 12.1. The maximum absolute atomic E-state index is 12.1. The van der Waals surface area contributed by atoms with E-state index in [2.05, 4.69) is 21.2 Å². The molecule has 0 radical (unpaired) electrons. The molecule has 1 N–H and O–H groups in total. The summed E-state index contributed by atoms with van der Waals surface area (Å²) in [6.07, 6.45) is 0. The Kier molecular flexibility index (Phi) is 4.61. The Morgan fingerprint density at radius 1 is 1.42 bits per heavy atom. The van der Waals surface area contributed by atoms with Crippen LogP contribution in [0.25, 0.3) is 0 Å². The Bertz CT molecular complexity index is 595. The third kappa shape index (κ3) is 3.36. The van der Waals surface area contributed by atoms with Crippen molar-refractivity contribution in [3.8, 4) is 5.75 Å². The fourth-order valence-corrected chi connectivity index (χ4v) is 3.11. The van der Waals surface area contributed by atoms with Gasteiger partial charge in [-0.3, -0.25) is 4.79 Å². The van der Waals surface area contributed by atoms with Crippen molar-refractivity contribution in [3.05, 3.63) is 50.1 Å². The highest BCUT2D eigenvalue weighted by atomic mass is 79.9. The van der Waals surface area contributed by atoms with Crippen LogP contribution in [0.2, 0.25) is 0 Å². The van der Waals surface area contributed by atoms with Crippen LogP contribution in [-0.2, 0) is 6.54 Å². The lowest BCUT2D eigenvalue weighted by molar-refractivity contribution is 0.0951. The second kappa shape index (κ2) is 6.21. The minimum absolute atomic E-state index is 0.0985. The predicted molar refractivity (Wildman–Crippen MR) is 80.9 cm³/mol. The van der Waals surface area contributed by atoms with Crippen LogP contribution in [0, 0.1) is 6.92 Å². The standard InChI is InChI=1S/C14H14BrNO2S/c1-9-3-4-10(7-12(9)18-2)14(17)16-8-13-11(15)5-6-19-13/h3-7H,8H2,1-2H3,(H,16,17). The van der Waals surface area contributed by atoms with E-state index in [4.69, 9.17) is 4.74 Å². The number of amides is 1. The van der Waals surface area contributed by atoms with E-state index in [9.17, 15) is 4.79 Å². The third-order valence-electron chi connectivity index (χ3n) is 2.77. The summed E-state index contributed by atoms with van der Waals surface area (Å²) in [5.74, 6) is 0.628. The Labute approximate surface area is 124 Å². The first-order valence-electron chi connectivity index (χ1n) is 5.76. The number of rotatable bonds is 4. The smallest absolute Gasteiger partial charge is 0.251 e.